The molecule has 2 aromatic rings. The second-order valence-corrected chi connectivity index (χ2v) is 5.43. The molecule has 0 aliphatic heterocycles. The average molecular weight is 316 g/mol. The smallest absolute Gasteiger partial charge is 0.189 e. The van der Waals surface area contributed by atoms with Crippen molar-refractivity contribution in [1.29, 1.82) is 5.26 Å². The first-order valence-corrected chi connectivity index (χ1v) is 7.63. The molecule has 22 heavy (non-hydrogen) atoms. The number of hydrogen-bond donors (Lipinski definition) is 1. The van der Waals surface area contributed by atoms with Gasteiger partial charge in [-0.3, -0.25) is 0 Å². The van der Waals surface area contributed by atoms with Crippen LogP contribution in [0.3, 0.4) is 0 Å². The number of hydrogen-bond acceptors (Lipinski definition) is 7. The van der Waals surface area contributed by atoms with Gasteiger partial charge in [-0.15, -0.1) is 0 Å². The summed E-state index contributed by atoms with van der Waals surface area (Å²) >= 11 is 1.46. The van der Waals surface area contributed by atoms with Gasteiger partial charge in [0.05, 0.1) is 7.11 Å². The van der Waals surface area contributed by atoms with E-state index in [0.717, 1.165) is 5.75 Å². The predicted molar refractivity (Wildman–Crippen MR) is 84.9 cm³/mol. The Morgan fingerprint density at radius 2 is 2.00 bits per heavy atom. The summed E-state index contributed by atoms with van der Waals surface area (Å²) in [4.78, 5) is 8.46. The van der Waals surface area contributed by atoms with Gasteiger partial charge in [0.15, 0.2) is 16.7 Å². The van der Waals surface area contributed by atoms with Gasteiger partial charge >= 0.3 is 0 Å². The van der Waals surface area contributed by atoms with E-state index in [2.05, 4.69) is 9.97 Å². The molecular weight excluding hydrogens is 300 g/mol. The molecule has 0 spiro atoms. The average Bonchev–Trinajstić information content (AvgIpc) is 2.53. The van der Waals surface area contributed by atoms with Crippen LogP contribution in [0.1, 0.15) is 18.2 Å². The van der Waals surface area contributed by atoms with Gasteiger partial charge in [0.2, 0.25) is 0 Å². The zero-order valence-electron chi connectivity index (χ0n) is 12.4. The fraction of sp³-hybridized carbons (Fsp3) is 0.267. The Morgan fingerprint density at radius 3 is 2.64 bits per heavy atom. The third kappa shape index (κ3) is 3.59. The number of para-hydroxylation sites is 2. The Bertz CT molecular complexity index is 700. The van der Waals surface area contributed by atoms with Crippen LogP contribution in [0.25, 0.3) is 0 Å². The summed E-state index contributed by atoms with van der Waals surface area (Å²) in [6, 6.07) is 9.31. The molecule has 0 saturated heterocycles. The molecule has 2 rings (SSSR count). The second-order valence-electron chi connectivity index (χ2n) is 4.20. The van der Waals surface area contributed by atoms with E-state index in [1.165, 1.54) is 11.8 Å². The maximum absolute atomic E-state index is 9.22. The van der Waals surface area contributed by atoms with E-state index in [-0.39, 0.29) is 18.0 Å². The molecule has 1 aromatic heterocycles. The van der Waals surface area contributed by atoms with Crippen LogP contribution in [-0.4, -0.2) is 22.8 Å². The topological polar surface area (TPSA) is 94.0 Å². The number of benzene rings is 1. The van der Waals surface area contributed by atoms with Gasteiger partial charge in [-0.1, -0.05) is 30.8 Å². The highest BCUT2D eigenvalue weighted by Gasteiger charge is 2.14. The van der Waals surface area contributed by atoms with Crippen molar-refractivity contribution in [2.75, 3.05) is 18.6 Å². The molecule has 0 saturated carbocycles. The predicted octanol–water partition coefficient (Wildman–Crippen LogP) is 2.63. The fourth-order valence-electron chi connectivity index (χ4n) is 1.81. The molecule has 0 unspecified atom stereocenters. The molecule has 0 aliphatic carbocycles. The van der Waals surface area contributed by atoms with Crippen LogP contribution in [0, 0.1) is 11.3 Å². The number of thioether (sulfide) groups is 1. The Balaban J connectivity index is 2.26. The van der Waals surface area contributed by atoms with Crippen LogP contribution in [0.5, 0.6) is 11.5 Å². The lowest BCUT2D eigenvalue weighted by molar-refractivity contribution is 0.279. The van der Waals surface area contributed by atoms with Crippen molar-refractivity contribution in [1.82, 2.24) is 9.97 Å². The van der Waals surface area contributed by atoms with E-state index in [1.807, 2.05) is 25.1 Å². The van der Waals surface area contributed by atoms with Crippen LogP contribution in [0.4, 0.5) is 5.82 Å². The number of ether oxygens (including phenoxy) is 2. The minimum absolute atomic E-state index is 0.118. The molecule has 0 radical (unpaired) electrons. The first kappa shape index (κ1) is 15.9. The monoisotopic (exact) mass is 316 g/mol. The Hall–Kier alpha value is -2.46. The fourth-order valence-corrected chi connectivity index (χ4v) is 2.40. The zero-order valence-corrected chi connectivity index (χ0v) is 13.2. The Kier molecular flexibility index (Phi) is 5.44. The van der Waals surface area contributed by atoms with Crippen LogP contribution < -0.4 is 15.2 Å². The number of nitriles is 1. The molecule has 6 nitrogen and oxygen atoms in total. The van der Waals surface area contributed by atoms with Crippen molar-refractivity contribution >= 4 is 17.6 Å². The second kappa shape index (κ2) is 7.52. The van der Waals surface area contributed by atoms with E-state index in [1.54, 1.807) is 19.2 Å². The SMILES string of the molecule is CCSc1nc(N)c(C#N)c(COc2ccccc2OC)n1. The van der Waals surface area contributed by atoms with Gasteiger partial charge in [-0.05, 0) is 17.9 Å². The summed E-state index contributed by atoms with van der Waals surface area (Å²) in [6.45, 7) is 2.11. The highest BCUT2D eigenvalue weighted by atomic mass is 32.2. The molecule has 1 aromatic carbocycles. The number of nitrogens with zero attached hydrogens (tertiary/aromatic N) is 3. The van der Waals surface area contributed by atoms with Crippen molar-refractivity contribution in [2.24, 2.45) is 0 Å². The Morgan fingerprint density at radius 1 is 1.27 bits per heavy atom. The molecule has 0 bridgehead atoms. The van der Waals surface area contributed by atoms with Crippen LogP contribution in [0.2, 0.25) is 0 Å². The molecule has 0 aliphatic rings. The lowest BCUT2D eigenvalue weighted by Gasteiger charge is -2.12. The molecule has 0 atom stereocenters. The normalized spacial score (nSPS) is 10.0. The van der Waals surface area contributed by atoms with E-state index in [9.17, 15) is 5.26 Å². The highest BCUT2D eigenvalue weighted by molar-refractivity contribution is 7.99. The minimum Gasteiger partial charge on any atom is -0.493 e. The summed E-state index contributed by atoms with van der Waals surface area (Å²) in [5.41, 5.74) is 6.54. The first-order valence-electron chi connectivity index (χ1n) is 6.64. The minimum atomic E-state index is 0.118. The van der Waals surface area contributed by atoms with Crippen LogP contribution >= 0.6 is 11.8 Å². The van der Waals surface area contributed by atoms with E-state index >= 15 is 0 Å². The Labute approximate surface area is 133 Å². The van der Waals surface area contributed by atoms with E-state index in [4.69, 9.17) is 15.2 Å². The molecular formula is C15H16N4O2S. The standard InChI is InChI=1S/C15H16N4O2S/c1-3-22-15-18-11(10(8-16)14(17)19-15)9-21-13-7-5-4-6-12(13)20-2/h4-7H,3,9H2,1-2H3,(H2,17,18,19). The van der Waals surface area contributed by atoms with Crippen molar-refractivity contribution < 1.29 is 9.47 Å². The van der Waals surface area contributed by atoms with E-state index < -0.39 is 0 Å². The maximum Gasteiger partial charge on any atom is 0.189 e. The zero-order chi connectivity index (χ0) is 15.9. The molecule has 0 amide bonds. The van der Waals surface area contributed by atoms with Gasteiger partial charge in [0.1, 0.15) is 29.8 Å². The summed E-state index contributed by atoms with van der Waals surface area (Å²) in [7, 11) is 1.57. The van der Waals surface area contributed by atoms with Crippen molar-refractivity contribution in [3.8, 4) is 17.6 Å². The summed E-state index contributed by atoms with van der Waals surface area (Å²) < 4.78 is 10.9. The van der Waals surface area contributed by atoms with Gasteiger partial charge in [0, 0.05) is 0 Å². The summed E-state index contributed by atoms with van der Waals surface area (Å²) in [5, 5.41) is 9.76. The van der Waals surface area contributed by atoms with Crippen molar-refractivity contribution in [2.45, 2.75) is 18.7 Å². The van der Waals surface area contributed by atoms with Gasteiger partial charge in [-0.2, -0.15) is 5.26 Å². The molecule has 7 heteroatoms. The number of anilines is 1. The van der Waals surface area contributed by atoms with Gasteiger partial charge in [0.25, 0.3) is 0 Å². The third-order valence-corrected chi connectivity index (χ3v) is 3.54. The van der Waals surface area contributed by atoms with Crippen LogP contribution in [0.15, 0.2) is 29.4 Å². The lowest BCUT2D eigenvalue weighted by Crippen LogP contribution is -2.08. The number of rotatable bonds is 6. The molecule has 2 N–H and O–H groups in total. The first-order chi connectivity index (χ1) is 10.7. The molecule has 114 valence electrons. The number of nitrogen functional groups attached to an aromatic ring is 1. The molecule has 1 heterocycles. The third-order valence-electron chi connectivity index (χ3n) is 2.81. The van der Waals surface area contributed by atoms with Crippen molar-refractivity contribution in [3.05, 3.63) is 35.5 Å². The number of methoxy groups -OCH3 is 1. The van der Waals surface area contributed by atoms with E-state index in [0.29, 0.717) is 22.3 Å². The maximum atomic E-state index is 9.22. The molecule has 0 fully saturated rings. The summed E-state index contributed by atoms with van der Waals surface area (Å²) in [5.74, 6) is 2.19. The highest BCUT2D eigenvalue weighted by Crippen LogP contribution is 2.27. The van der Waals surface area contributed by atoms with Crippen LogP contribution in [-0.2, 0) is 6.61 Å². The van der Waals surface area contributed by atoms with Gasteiger partial charge < -0.3 is 15.2 Å². The van der Waals surface area contributed by atoms with Gasteiger partial charge in [-0.25, -0.2) is 9.97 Å². The van der Waals surface area contributed by atoms with Crippen molar-refractivity contribution in [3.63, 3.8) is 0 Å². The largest absolute Gasteiger partial charge is 0.493 e. The summed E-state index contributed by atoms with van der Waals surface area (Å²) in [6.07, 6.45) is 0. The lowest BCUT2D eigenvalue weighted by atomic mass is 10.2. The number of aromatic nitrogens is 2. The quantitative estimate of drug-likeness (QED) is 0.646. The number of nitrogens with two attached hydrogens (primary N) is 1.